The van der Waals surface area contributed by atoms with E-state index in [2.05, 4.69) is 4.72 Å². The summed E-state index contributed by atoms with van der Waals surface area (Å²) in [5.41, 5.74) is 0. The predicted octanol–water partition coefficient (Wildman–Crippen LogP) is 0.963. The molecule has 120 valence electrons. The van der Waals surface area contributed by atoms with Gasteiger partial charge in [-0.2, -0.15) is 8.42 Å². The third-order valence-corrected chi connectivity index (χ3v) is 5.31. The van der Waals surface area contributed by atoms with Gasteiger partial charge in [-0.05, 0) is 39.1 Å². The number of hydrogen-bond donors (Lipinski definition) is 1. The average Bonchev–Trinajstić information content (AvgIpc) is 2.37. The summed E-state index contributed by atoms with van der Waals surface area (Å²) in [7, 11) is -6.95. The van der Waals surface area contributed by atoms with E-state index in [1.807, 2.05) is 25.8 Å². The molecule has 0 aliphatic heterocycles. The highest BCUT2D eigenvalue weighted by atomic mass is 32.3. The highest BCUT2D eigenvalue weighted by Gasteiger charge is 2.18. The van der Waals surface area contributed by atoms with E-state index in [1.165, 1.54) is 12.1 Å². The van der Waals surface area contributed by atoms with E-state index in [1.54, 1.807) is 0 Å². The fourth-order valence-corrected chi connectivity index (χ4v) is 3.14. The molecule has 9 heteroatoms. The van der Waals surface area contributed by atoms with Crippen molar-refractivity contribution in [2.75, 3.05) is 20.1 Å². The molecule has 6 nitrogen and oxygen atoms in total. The monoisotopic (exact) mass is 338 g/mol. The third kappa shape index (κ3) is 5.34. The van der Waals surface area contributed by atoms with E-state index in [0.717, 1.165) is 12.1 Å². The molecule has 0 amide bonds. The molecule has 0 aliphatic rings. The van der Waals surface area contributed by atoms with Crippen molar-refractivity contribution >= 4 is 20.2 Å². The lowest BCUT2D eigenvalue weighted by atomic mass is 10.3. The Morgan fingerprint density at radius 1 is 1.19 bits per heavy atom. The fourth-order valence-electron chi connectivity index (χ4n) is 1.49. The van der Waals surface area contributed by atoms with Crippen LogP contribution in [0.15, 0.2) is 34.1 Å². The standard InChI is InChI=1S/C12H19FN2O4S2/c1-10(2)15(3)8-7-14-21(18,19)12-6-4-5-11(9-12)20(13,16)17/h4-6,9-10,14H,7-8H2,1-3H3. The van der Waals surface area contributed by atoms with Crippen LogP contribution in [0.25, 0.3) is 0 Å². The fraction of sp³-hybridized carbons (Fsp3) is 0.500. The van der Waals surface area contributed by atoms with Crippen LogP contribution in [0.2, 0.25) is 0 Å². The van der Waals surface area contributed by atoms with Gasteiger partial charge in [-0.3, -0.25) is 0 Å². The Balaban J connectivity index is 2.84. The lowest BCUT2D eigenvalue weighted by molar-refractivity contribution is 0.278. The van der Waals surface area contributed by atoms with E-state index in [4.69, 9.17) is 0 Å². The summed E-state index contributed by atoms with van der Waals surface area (Å²) in [5, 5.41) is 0. The summed E-state index contributed by atoms with van der Waals surface area (Å²) in [4.78, 5) is 0.989. The number of likely N-dealkylation sites (N-methyl/N-ethyl adjacent to an activating group) is 1. The number of nitrogens with zero attached hydrogens (tertiary/aromatic N) is 1. The van der Waals surface area contributed by atoms with Crippen molar-refractivity contribution in [3.63, 3.8) is 0 Å². The minimum absolute atomic E-state index is 0.170. The number of sulfonamides is 1. The molecule has 0 saturated heterocycles. The molecule has 0 spiro atoms. The van der Waals surface area contributed by atoms with Crippen LogP contribution in [0.3, 0.4) is 0 Å². The predicted molar refractivity (Wildman–Crippen MR) is 77.7 cm³/mol. The normalized spacial score (nSPS) is 13.0. The summed E-state index contributed by atoms with van der Waals surface area (Å²) in [6.45, 7) is 4.62. The Hall–Kier alpha value is -1.03. The van der Waals surface area contributed by atoms with Gasteiger partial charge in [0.1, 0.15) is 0 Å². The van der Waals surface area contributed by atoms with Gasteiger partial charge in [0.05, 0.1) is 9.79 Å². The van der Waals surface area contributed by atoms with Crippen LogP contribution in [0.1, 0.15) is 13.8 Å². The summed E-state index contributed by atoms with van der Waals surface area (Å²) in [6.07, 6.45) is 0. The van der Waals surface area contributed by atoms with Gasteiger partial charge in [-0.15, -0.1) is 3.89 Å². The molecule has 1 N–H and O–H groups in total. The molecule has 1 aromatic carbocycles. The van der Waals surface area contributed by atoms with Gasteiger partial charge in [0.15, 0.2) is 0 Å². The first-order chi connectivity index (χ1) is 9.54. The lowest BCUT2D eigenvalue weighted by Crippen LogP contribution is -2.36. The molecule has 0 bridgehead atoms. The van der Waals surface area contributed by atoms with E-state index < -0.39 is 25.1 Å². The molecule has 1 aromatic rings. The van der Waals surface area contributed by atoms with Gasteiger partial charge in [-0.25, -0.2) is 13.1 Å². The van der Waals surface area contributed by atoms with Gasteiger partial charge < -0.3 is 4.90 Å². The zero-order valence-corrected chi connectivity index (χ0v) is 13.7. The molecule has 0 fully saturated rings. The van der Waals surface area contributed by atoms with Crippen LogP contribution in [-0.2, 0) is 20.2 Å². The third-order valence-electron chi connectivity index (χ3n) is 3.04. The van der Waals surface area contributed by atoms with Crippen molar-refractivity contribution in [3.8, 4) is 0 Å². The molecule has 1 rings (SSSR count). The minimum atomic E-state index is -4.93. The first-order valence-corrected chi connectivity index (χ1v) is 9.15. The smallest absolute Gasteiger partial charge is 0.303 e. The quantitative estimate of drug-likeness (QED) is 0.749. The molecule has 0 aromatic heterocycles. The Kier molecular flexibility index (Phi) is 5.85. The van der Waals surface area contributed by atoms with Crippen LogP contribution in [0.5, 0.6) is 0 Å². The number of halogens is 1. The lowest BCUT2D eigenvalue weighted by Gasteiger charge is -2.20. The maximum atomic E-state index is 12.9. The highest BCUT2D eigenvalue weighted by molar-refractivity contribution is 7.89. The van der Waals surface area contributed by atoms with E-state index >= 15 is 0 Å². The molecule has 0 heterocycles. The number of nitrogens with one attached hydrogen (secondary N) is 1. The van der Waals surface area contributed by atoms with Crippen LogP contribution >= 0.6 is 0 Å². The summed E-state index contributed by atoms with van der Waals surface area (Å²) < 4.78 is 60.9. The summed E-state index contributed by atoms with van der Waals surface area (Å²) >= 11 is 0. The second-order valence-electron chi connectivity index (χ2n) is 4.88. The van der Waals surface area contributed by atoms with Crippen molar-refractivity contribution in [2.24, 2.45) is 0 Å². The van der Waals surface area contributed by atoms with E-state index in [-0.39, 0.29) is 17.5 Å². The Bertz CT molecular complexity index is 687. The Morgan fingerprint density at radius 3 is 2.29 bits per heavy atom. The van der Waals surface area contributed by atoms with Crippen molar-refractivity contribution < 1.29 is 20.7 Å². The molecular formula is C12H19FN2O4S2. The van der Waals surface area contributed by atoms with Crippen molar-refractivity contribution in [1.82, 2.24) is 9.62 Å². The van der Waals surface area contributed by atoms with Gasteiger partial charge in [0.2, 0.25) is 10.0 Å². The van der Waals surface area contributed by atoms with Crippen molar-refractivity contribution in [1.29, 1.82) is 0 Å². The molecule has 0 radical (unpaired) electrons. The van der Waals surface area contributed by atoms with Crippen LogP contribution in [0.4, 0.5) is 3.89 Å². The Morgan fingerprint density at radius 2 is 1.76 bits per heavy atom. The molecule has 0 unspecified atom stereocenters. The van der Waals surface area contributed by atoms with Gasteiger partial charge in [-0.1, -0.05) is 6.07 Å². The van der Waals surface area contributed by atoms with Crippen molar-refractivity contribution in [3.05, 3.63) is 24.3 Å². The Labute approximate surface area is 125 Å². The minimum Gasteiger partial charge on any atom is -0.303 e. The van der Waals surface area contributed by atoms with Crippen LogP contribution in [-0.4, -0.2) is 47.9 Å². The van der Waals surface area contributed by atoms with Gasteiger partial charge >= 0.3 is 10.2 Å². The highest BCUT2D eigenvalue weighted by Crippen LogP contribution is 2.17. The zero-order valence-electron chi connectivity index (χ0n) is 12.1. The maximum absolute atomic E-state index is 12.9. The van der Waals surface area contributed by atoms with Gasteiger partial charge in [0.25, 0.3) is 0 Å². The molecule has 0 atom stereocenters. The molecule has 21 heavy (non-hydrogen) atoms. The second-order valence-corrected chi connectivity index (χ2v) is 8.00. The number of rotatable bonds is 7. The molecule has 0 aliphatic carbocycles. The topological polar surface area (TPSA) is 83.6 Å². The van der Waals surface area contributed by atoms with E-state index in [0.29, 0.717) is 6.54 Å². The van der Waals surface area contributed by atoms with Gasteiger partial charge in [0, 0.05) is 19.1 Å². The van der Waals surface area contributed by atoms with E-state index in [9.17, 15) is 20.7 Å². The molecule has 0 saturated carbocycles. The molecular weight excluding hydrogens is 319 g/mol. The zero-order chi connectivity index (χ0) is 16.3. The first-order valence-electron chi connectivity index (χ1n) is 6.28. The average molecular weight is 338 g/mol. The van der Waals surface area contributed by atoms with Crippen molar-refractivity contribution in [2.45, 2.75) is 29.7 Å². The second kappa shape index (κ2) is 6.82. The SMILES string of the molecule is CC(C)N(C)CCNS(=O)(=O)c1cccc(S(=O)(=O)F)c1. The largest absolute Gasteiger partial charge is 0.332 e. The number of hydrogen-bond acceptors (Lipinski definition) is 5. The maximum Gasteiger partial charge on any atom is 0.332 e. The number of benzene rings is 1. The summed E-state index contributed by atoms with van der Waals surface area (Å²) in [5.74, 6) is 0. The van der Waals surface area contributed by atoms with Crippen LogP contribution in [0, 0.1) is 0 Å². The summed E-state index contributed by atoms with van der Waals surface area (Å²) in [6, 6.07) is 4.46. The van der Waals surface area contributed by atoms with Crippen LogP contribution < -0.4 is 4.72 Å². The first kappa shape index (κ1) is 18.0.